The van der Waals surface area contributed by atoms with Gasteiger partial charge >= 0.3 is 12.1 Å². The molecular weight excluding hydrogens is 274 g/mol. The topological polar surface area (TPSA) is 76.1 Å². The molecule has 21 heavy (non-hydrogen) atoms. The van der Waals surface area contributed by atoms with Gasteiger partial charge in [-0.1, -0.05) is 12.2 Å². The molecule has 0 radical (unpaired) electrons. The van der Waals surface area contributed by atoms with Crippen molar-refractivity contribution in [2.75, 3.05) is 6.61 Å². The van der Waals surface area contributed by atoms with Crippen LogP contribution in [0.5, 0.6) is 0 Å². The van der Waals surface area contributed by atoms with Crippen molar-refractivity contribution < 1.29 is 24.2 Å². The van der Waals surface area contributed by atoms with E-state index in [4.69, 9.17) is 14.6 Å². The lowest BCUT2D eigenvalue weighted by Gasteiger charge is -2.34. The molecule has 0 aromatic carbocycles. The quantitative estimate of drug-likeness (QED) is 0.808. The van der Waals surface area contributed by atoms with Crippen LogP contribution in [0.2, 0.25) is 0 Å². The first kappa shape index (κ1) is 17.5. The molecule has 1 rings (SSSR count). The van der Waals surface area contributed by atoms with Gasteiger partial charge in [-0.25, -0.2) is 4.79 Å². The van der Waals surface area contributed by atoms with E-state index in [9.17, 15) is 9.59 Å². The molecule has 1 aliphatic rings. The van der Waals surface area contributed by atoms with Gasteiger partial charge in [0.1, 0.15) is 11.3 Å². The molecule has 0 unspecified atom stereocenters. The summed E-state index contributed by atoms with van der Waals surface area (Å²) in [6, 6.07) is -0.247. The number of aliphatic carboxylic acids is 1. The normalized spacial score (nSPS) is 21.8. The summed E-state index contributed by atoms with van der Waals surface area (Å²) in [5.74, 6) is -0.841. The summed E-state index contributed by atoms with van der Waals surface area (Å²) >= 11 is 0. The van der Waals surface area contributed by atoms with Crippen molar-refractivity contribution in [1.29, 1.82) is 0 Å². The lowest BCUT2D eigenvalue weighted by Crippen LogP contribution is -2.49. The van der Waals surface area contributed by atoms with Gasteiger partial charge in [0.15, 0.2) is 0 Å². The molecule has 120 valence electrons. The van der Waals surface area contributed by atoms with Crippen LogP contribution in [0.4, 0.5) is 4.79 Å². The fourth-order valence-corrected chi connectivity index (χ4v) is 2.10. The molecule has 6 heteroatoms. The largest absolute Gasteiger partial charge is 0.481 e. The van der Waals surface area contributed by atoms with Crippen LogP contribution in [0.15, 0.2) is 12.2 Å². The third-order valence-corrected chi connectivity index (χ3v) is 2.99. The van der Waals surface area contributed by atoms with Crippen LogP contribution < -0.4 is 0 Å². The number of rotatable bonds is 4. The van der Waals surface area contributed by atoms with Crippen LogP contribution in [0.1, 0.15) is 47.5 Å². The molecular formula is C15H25NO5. The van der Waals surface area contributed by atoms with E-state index in [2.05, 4.69) is 0 Å². The van der Waals surface area contributed by atoms with Crippen LogP contribution in [0.25, 0.3) is 0 Å². The lowest BCUT2D eigenvalue weighted by atomic mass is 10.1. The molecule has 1 atom stereocenters. The predicted octanol–water partition coefficient (Wildman–Crippen LogP) is 2.78. The third kappa shape index (κ3) is 5.38. The predicted molar refractivity (Wildman–Crippen MR) is 77.9 cm³/mol. The van der Waals surface area contributed by atoms with E-state index in [-0.39, 0.29) is 12.5 Å². The minimum Gasteiger partial charge on any atom is -0.481 e. The average molecular weight is 299 g/mol. The minimum absolute atomic E-state index is 0.0694. The molecule has 1 fully saturated rings. The molecule has 0 bridgehead atoms. The number of carbonyl (C=O) groups is 2. The fraction of sp³-hybridized carbons (Fsp3) is 0.733. The van der Waals surface area contributed by atoms with E-state index in [1.807, 2.05) is 40.7 Å². The highest BCUT2D eigenvalue weighted by Crippen LogP contribution is 2.30. The Morgan fingerprint density at radius 1 is 1.43 bits per heavy atom. The molecule has 0 aromatic rings. The molecule has 0 saturated carbocycles. The van der Waals surface area contributed by atoms with Crippen LogP contribution in [-0.4, -0.2) is 46.0 Å². The third-order valence-electron chi connectivity index (χ3n) is 2.99. The molecule has 6 nitrogen and oxygen atoms in total. The maximum Gasteiger partial charge on any atom is 0.413 e. The molecule has 1 N–H and O–H groups in total. The number of carboxylic acids is 1. The Morgan fingerprint density at radius 2 is 2.05 bits per heavy atom. The second-order valence-electron chi connectivity index (χ2n) is 6.54. The van der Waals surface area contributed by atoms with Crippen LogP contribution in [0, 0.1) is 0 Å². The van der Waals surface area contributed by atoms with E-state index in [0.29, 0.717) is 13.0 Å². The van der Waals surface area contributed by atoms with Crippen LogP contribution in [-0.2, 0) is 14.3 Å². The fourth-order valence-electron chi connectivity index (χ4n) is 2.10. The van der Waals surface area contributed by atoms with Crippen molar-refractivity contribution in [2.45, 2.75) is 64.8 Å². The molecule has 1 heterocycles. The van der Waals surface area contributed by atoms with Gasteiger partial charge in [-0.05, 0) is 41.0 Å². The number of hydrogen-bond acceptors (Lipinski definition) is 4. The Hall–Kier alpha value is -1.56. The van der Waals surface area contributed by atoms with Crippen molar-refractivity contribution in [3.63, 3.8) is 0 Å². The Kier molecular flexibility index (Phi) is 5.39. The zero-order valence-electron chi connectivity index (χ0n) is 13.4. The summed E-state index contributed by atoms with van der Waals surface area (Å²) in [5.41, 5.74) is -1.32. The summed E-state index contributed by atoms with van der Waals surface area (Å²) in [6.07, 6.45) is 3.63. The summed E-state index contributed by atoms with van der Waals surface area (Å²) in [6.45, 7) is 9.42. The van der Waals surface area contributed by atoms with Gasteiger partial charge in [-0.15, -0.1) is 0 Å². The zero-order valence-corrected chi connectivity index (χ0v) is 13.4. The highest BCUT2D eigenvalue weighted by atomic mass is 16.6. The van der Waals surface area contributed by atoms with Crippen molar-refractivity contribution in [1.82, 2.24) is 4.90 Å². The van der Waals surface area contributed by atoms with Crippen molar-refractivity contribution in [3.8, 4) is 0 Å². The highest BCUT2D eigenvalue weighted by molar-refractivity contribution is 5.70. The Morgan fingerprint density at radius 3 is 2.57 bits per heavy atom. The van der Waals surface area contributed by atoms with E-state index >= 15 is 0 Å². The number of hydrogen-bond donors (Lipinski definition) is 1. The van der Waals surface area contributed by atoms with Gasteiger partial charge < -0.3 is 14.6 Å². The van der Waals surface area contributed by atoms with Crippen LogP contribution >= 0.6 is 0 Å². The zero-order chi connectivity index (χ0) is 16.3. The molecule has 0 aliphatic carbocycles. The summed E-state index contributed by atoms with van der Waals surface area (Å²) in [7, 11) is 0. The summed E-state index contributed by atoms with van der Waals surface area (Å²) < 4.78 is 11.0. The minimum atomic E-state index is -0.841. The maximum absolute atomic E-state index is 12.3. The van der Waals surface area contributed by atoms with Gasteiger partial charge in [0.05, 0.1) is 12.6 Å². The van der Waals surface area contributed by atoms with E-state index in [1.54, 1.807) is 11.0 Å². The second kappa shape index (κ2) is 6.47. The number of ether oxygens (including phenoxy) is 2. The van der Waals surface area contributed by atoms with E-state index in [0.717, 1.165) is 0 Å². The molecule has 0 spiro atoms. The first-order chi connectivity index (χ1) is 9.53. The number of carboxylic acid groups (broad SMARTS) is 1. The maximum atomic E-state index is 12.3. The van der Waals surface area contributed by atoms with Crippen molar-refractivity contribution >= 4 is 12.1 Å². The summed E-state index contributed by atoms with van der Waals surface area (Å²) in [5, 5.41) is 8.61. The van der Waals surface area contributed by atoms with E-state index in [1.165, 1.54) is 0 Å². The van der Waals surface area contributed by atoms with Gasteiger partial charge in [0, 0.05) is 6.42 Å². The van der Waals surface area contributed by atoms with E-state index < -0.39 is 23.4 Å². The summed E-state index contributed by atoms with van der Waals surface area (Å²) in [4.78, 5) is 24.4. The second-order valence-corrected chi connectivity index (χ2v) is 6.54. The molecule has 1 amide bonds. The van der Waals surface area contributed by atoms with Crippen LogP contribution in [0.3, 0.4) is 0 Å². The molecule has 1 saturated heterocycles. The lowest BCUT2D eigenvalue weighted by molar-refractivity contribution is -0.136. The Balaban J connectivity index is 2.75. The number of carbonyl (C=O) groups excluding carboxylic acids is 1. The number of allylic oxidation sites excluding steroid dienone is 1. The van der Waals surface area contributed by atoms with Gasteiger partial charge in [-0.3, -0.25) is 9.69 Å². The molecule has 0 aromatic heterocycles. The standard InChI is InChI=1S/C15H25NO5/c1-14(2,3)21-13(19)16-11(10-20-15(16,4)5)8-6-7-9-12(17)18/h6,8,11H,7,9-10H2,1-5H3,(H,17,18)/b8-6+/t11-/m1/s1. The van der Waals surface area contributed by atoms with Gasteiger partial charge in [0.2, 0.25) is 0 Å². The van der Waals surface area contributed by atoms with Gasteiger partial charge in [-0.2, -0.15) is 0 Å². The average Bonchev–Trinajstić information content (AvgIpc) is 2.57. The molecule has 1 aliphatic heterocycles. The van der Waals surface area contributed by atoms with Crippen molar-refractivity contribution in [3.05, 3.63) is 12.2 Å². The van der Waals surface area contributed by atoms with Crippen molar-refractivity contribution in [2.24, 2.45) is 0 Å². The number of amides is 1. The first-order valence-electron chi connectivity index (χ1n) is 7.08. The number of nitrogens with zero attached hydrogens (tertiary/aromatic N) is 1. The Bertz CT molecular complexity index is 422. The SMILES string of the molecule is CC(C)(C)OC(=O)N1[C@H](/C=C/CCC(=O)O)COC1(C)C. The van der Waals surface area contributed by atoms with Gasteiger partial charge in [0.25, 0.3) is 0 Å². The smallest absolute Gasteiger partial charge is 0.413 e. The highest BCUT2D eigenvalue weighted by Gasteiger charge is 2.44. The Labute approximate surface area is 125 Å². The monoisotopic (exact) mass is 299 g/mol. The first-order valence-corrected chi connectivity index (χ1v) is 7.08.